The van der Waals surface area contributed by atoms with Crippen LogP contribution in [0.15, 0.2) is 48.5 Å². The van der Waals surface area contributed by atoms with Crippen molar-refractivity contribution in [2.45, 2.75) is 78.1 Å². The van der Waals surface area contributed by atoms with Crippen molar-refractivity contribution in [2.75, 3.05) is 0 Å². The molecule has 0 heterocycles. The minimum absolute atomic E-state index is 0.960. The molecule has 0 nitrogen and oxygen atoms in total. The monoisotopic (exact) mass is 370 g/mol. The number of hydrogen-bond donors (Lipinski definition) is 0. The summed E-state index contributed by atoms with van der Waals surface area (Å²) in [4.78, 5) is 0. The Bertz CT molecular complexity index is 806. The van der Waals surface area contributed by atoms with Crippen LogP contribution in [0.25, 0.3) is 11.1 Å². The Hall–Kier alpha value is -2.44. The van der Waals surface area contributed by atoms with E-state index in [9.17, 15) is 0 Å². The Kier molecular flexibility index (Phi) is 10.7. The first kappa shape index (κ1) is 21.9. The molecule has 0 aliphatic rings. The van der Waals surface area contributed by atoms with Crippen LogP contribution in [0.3, 0.4) is 0 Å². The van der Waals surface area contributed by atoms with Gasteiger partial charge < -0.3 is 0 Å². The fourth-order valence-electron chi connectivity index (χ4n) is 3.31. The standard InChI is InChI=1S/C28H34/c1-3-5-7-9-10-11-12-15-19-26-22-25(18-14-8-6-4-2)23-28(24-26)27-20-16-13-17-21-27/h13,16-17,20-24H,3-10,14,18H2,1-2H3. The molecule has 0 fully saturated rings. The van der Waals surface area contributed by atoms with Crippen LogP contribution in [0.5, 0.6) is 0 Å². The van der Waals surface area contributed by atoms with Crippen molar-refractivity contribution >= 4 is 0 Å². The average molecular weight is 371 g/mol. The highest BCUT2D eigenvalue weighted by Gasteiger charge is 2.03. The lowest BCUT2D eigenvalue weighted by Crippen LogP contribution is -1.90. The number of benzene rings is 2. The summed E-state index contributed by atoms with van der Waals surface area (Å²) in [7, 11) is 0. The highest BCUT2D eigenvalue weighted by atomic mass is 14.1. The molecule has 0 N–H and O–H groups in total. The van der Waals surface area contributed by atoms with Gasteiger partial charge in [-0.1, -0.05) is 101 Å². The van der Waals surface area contributed by atoms with Crippen molar-refractivity contribution in [3.05, 3.63) is 59.7 Å². The first-order valence-corrected chi connectivity index (χ1v) is 11.0. The van der Waals surface area contributed by atoms with Crippen molar-refractivity contribution in [3.8, 4) is 34.8 Å². The van der Waals surface area contributed by atoms with Gasteiger partial charge in [-0.05, 0) is 59.9 Å². The topological polar surface area (TPSA) is 0 Å². The predicted octanol–water partition coefficient (Wildman–Crippen LogP) is 7.80. The minimum atomic E-state index is 0.960. The Morgan fingerprint density at radius 2 is 1.43 bits per heavy atom. The molecule has 2 rings (SSSR count). The predicted molar refractivity (Wildman–Crippen MR) is 123 cm³/mol. The van der Waals surface area contributed by atoms with Gasteiger partial charge in [0.1, 0.15) is 0 Å². The maximum atomic E-state index is 3.28. The fraction of sp³-hybridized carbons (Fsp3) is 0.429. The van der Waals surface area contributed by atoms with Crippen LogP contribution in [-0.4, -0.2) is 0 Å². The van der Waals surface area contributed by atoms with Crippen LogP contribution in [0.1, 0.15) is 82.8 Å². The van der Waals surface area contributed by atoms with Crippen LogP contribution in [-0.2, 0) is 6.42 Å². The van der Waals surface area contributed by atoms with Crippen LogP contribution >= 0.6 is 0 Å². The van der Waals surface area contributed by atoms with Gasteiger partial charge in [0, 0.05) is 12.0 Å². The SMILES string of the molecule is CCCCCCC#CC#Cc1cc(CCCCCC)cc(-c2ccccc2)c1. The van der Waals surface area contributed by atoms with Gasteiger partial charge in [0.25, 0.3) is 0 Å². The number of aryl methyl sites for hydroxylation is 1. The molecule has 0 heteroatoms. The lowest BCUT2D eigenvalue weighted by molar-refractivity contribution is 0.667. The number of unbranched alkanes of at least 4 members (excludes halogenated alkanes) is 7. The largest absolute Gasteiger partial charge is 0.0891 e. The molecule has 0 spiro atoms. The summed E-state index contributed by atoms with van der Waals surface area (Å²) < 4.78 is 0. The Balaban J connectivity index is 2.09. The van der Waals surface area contributed by atoms with Crippen LogP contribution in [0.4, 0.5) is 0 Å². The summed E-state index contributed by atoms with van der Waals surface area (Å²) in [5.74, 6) is 12.6. The van der Waals surface area contributed by atoms with Gasteiger partial charge in [-0.3, -0.25) is 0 Å². The van der Waals surface area contributed by atoms with E-state index in [1.165, 1.54) is 68.1 Å². The van der Waals surface area contributed by atoms with Gasteiger partial charge in [-0.15, -0.1) is 0 Å². The second kappa shape index (κ2) is 13.7. The number of rotatable bonds is 10. The van der Waals surface area contributed by atoms with Gasteiger partial charge in [0.15, 0.2) is 0 Å². The van der Waals surface area contributed by atoms with Gasteiger partial charge in [-0.2, -0.15) is 0 Å². The Labute approximate surface area is 172 Å². The van der Waals surface area contributed by atoms with Crippen molar-refractivity contribution in [1.29, 1.82) is 0 Å². The molecule has 0 bridgehead atoms. The van der Waals surface area contributed by atoms with E-state index >= 15 is 0 Å². The van der Waals surface area contributed by atoms with Gasteiger partial charge in [0.2, 0.25) is 0 Å². The van der Waals surface area contributed by atoms with E-state index in [1.54, 1.807) is 0 Å². The van der Waals surface area contributed by atoms with Crippen LogP contribution < -0.4 is 0 Å². The molecule has 0 saturated carbocycles. The summed E-state index contributed by atoms with van der Waals surface area (Å²) in [5.41, 5.74) is 4.97. The molecule has 28 heavy (non-hydrogen) atoms. The van der Waals surface area contributed by atoms with E-state index in [2.05, 4.69) is 86.1 Å². The molecule has 0 unspecified atom stereocenters. The Morgan fingerprint density at radius 3 is 2.18 bits per heavy atom. The third-order valence-electron chi connectivity index (χ3n) is 4.93. The lowest BCUT2D eigenvalue weighted by atomic mass is 9.97. The van der Waals surface area contributed by atoms with E-state index in [-0.39, 0.29) is 0 Å². The van der Waals surface area contributed by atoms with E-state index in [0.717, 1.165) is 18.4 Å². The van der Waals surface area contributed by atoms with E-state index < -0.39 is 0 Å². The summed E-state index contributed by atoms with van der Waals surface area (Å²) in [6.07, 6.45) is 12.3. The maximum Gasteiger partial charge on any atom is 0.0264 e. The molecule has 2 aromatic rings. The Morgan fingerprint density at radius 1 is 0.679 bits per heavy atom. The van der Waals surface area contributed by atoms with Gasteiger partial charge in [-0.25, -0.2) is 0 Å². The third kappa shape index (κ3) is 8.50. The lowest BCUT2D eigenvalue weighted by Gasteiger charge is -2.08. The second-order valence-electron chi connectivity index (χ2n) is 7.46. The third-order valence-corrected chi connectivity index (χ3v) is 4.93. The number of hydrogen-bond acceptors (Lipinski definition) is 0. The van der Waals surface area contributed by atoms with Crippen LogP contribution in [0, 0.1) is 23.7 Å². The quantitative estimate of drug-likeness (QED) is 0.295. The van der Waals surface area contributed by atoms with Crippen LogP contribution in [0.2, 0.25) is 0 Å². The van der Waals surface area contributed by atoms with Crippen molar-refractivity contribution in [1.82, 2.24) is 0 Å². The van der Waals surface area contributed by atoms with E-state index in [1.807, 2.05) is 0 Å². The molecular weight excluding hydrogens is 336 g/mol. The molecule has 0 aromatic heterocycles. The highest BCUT2D eigenvalue weighted by Crippen LogP contribution is 2.23. The molecular formula is C28H34. The van der Waals surface area contributed by atoms with E-state index in [4.69, 9.17) is 0 Å². The van der Waals surface area contributed by atoms with Crippen molar-refractivity contribution in [3.63, 3.8) is 0 Å². The smallest absolute Gasteiger partial charge is 0.0264 e. The molecule has 0 radical (unpaired) electrons. The first-order chi connectivity index (χ1) is 13.8. The van der Waals surface area contributed by atoms with E-state index in [0.29, 0.717) is 0 Å². The molecule has 0 aliphatic carbocycles. The molecule has 0 amide bonds. The summed E-state index contributed by atoms with van der Waals surface area (Å²) in [6.45, 7) is 4.49. The highest BCUT2D eigenvalue weighted by molar-refractivity contribution is 5.66. The zero-order valence-corrected chi connectivity index (χ0v) is 17.7. The second-order valence-corrected chi connectivity index (χ2v) is 7.46. The zero-order valence-electron chi connectivity index (χ0n) is 17.7. The average Bonchev–Trinajstić information content (AvgIpc) is 2.74. The van der Waals surface area contributed by atoms with Crippen molar-refractivity contribution < 1.29 is 0 Å². The van der Waals surface area contributed by atoms with Gasteiger partial charge >= 0.3 is 0 Å². The van der Waals surface area contributed by atoms with Gasteiger partial charge in [0.05, 0.1) is 0 Å². The molecule has 146 valence electrons. The molecule has 0 saturated heterocycles. The van der Waals surface area contributed by atoms with Crippen molar-refractivity contribution in [2.24, 2.45) is 0 Å². The molecule has 0 aliphatic heterocycles. The molecule has 2 aromatic carbocycles. The molecule has 0 atom stereocenters. The fourth-order valence-corrected chi connectivity index (χ4v) is 3.31. The summed E-state index contributed by atoms with van der Waals surface area (Å²) in [5, 5.41) is 0. The zero-order chi connectivity index (χ0) is 19.9. The summed E-state index contributed by atoms with van der Waals surface area (Å²) >= 11 is 0. The minimum Gasteiger partial charge on any atom is -0.0891 e. The summed E-state index contributed by atoms with van der Waals surface area (Å²) in [6, 6.07) is 17.4. The maximum absolute atomic E-state index is 3.28. The normalized spacial score (nSPS) is 9.93. The first-order valence-electron chi connectivity index (χ1n) is 11.0.